The normalized spacial score (nSPS) is 12.2. The summed E-state index contributed by atoms with van der Waals surface area (Å²) in [7, 11) is -1.94. The lowest BCUT2D eigenvalue weighted by Gasteiger charge is -2.09. The molecule has 0 bridgehead atoms. The highest BCUT2D eigenvalue weighted by molar-refractivity contribution is 7.89. The smallest absolute Gasteiger partial charge is 0.260 e. The second-order valence-electron chi connectivity index (χ2n) is 4.69. The van der Waals surface area contributed by atoms with Crippen LogP contribution in [0.3, 0.4) is 0 Å². The van der Waals surface area contributed by atoms with Gasteiger partial charge in [-0.25, -0.2) is 18.1 Å². The van der Waals surface area contributed by atoms with E-state index in [1.54, 1.807) is 29.8 Å². The lowest BCUT2D eigenvalue weighted by atomic mass is 10.2. The Bertz CT molecular complexity index is 676. The van der Waals surface area contributed by atoms with Crippen LogP contribution >= 0.6 is 0 Å². The van der Waals surface area contributed by atoms with Crippen molar-refractivity contribution in [3.8, 4) is 0 Å². The predicted molar refractivity (Wildman–Crippen MR) is 74.8 cm³/mol. The number of rotatable bonds is 5. The first kappa shape index (κ1) is 13.8. The molecule has 104 valence electrons. The Kier molecular flexibility index (Phi) is 3.77. The minimum Gasteiger partial charge on any atom is -0.371 e. The number of nitrogens with zero attached hydrogens (tertiary/aromatic N) is 2. The molecule has 0 radical (unpaired) electrons. The summed E-state index contributed by atoms with van der Waals surface area (Å²) in [5.41, 5.74) is 0.594. The zero-order valence-corrected chi connectivity index (χ0v) is 12.0. The predicted octanol–water partition coefficient (Wildman–Crippen LogP) is 1.31. The molecular formula is C12H18N4O2S. The van der Waals surface area contributed by atoms with Gasteiger partial charge in [-0.05, 0) is 18.1 Å². The van der Waals surface area contributed by atoms with Gasteiger partial charge in [0.1, 0.15) is 5.65 Å². The van der Waals surface area contributed by atoms with Gasteiger partial charge >= 0.3 is 0 Å². The van der Waals surface area contributed by atoms with Gasteiger partial charge in [0.15, 0.2) is 10.8 Å². The summed E-state index contributed by atoms with van der Waals surface area (Å²) in [5, 5.41) is 2.97. The van der Waals surface area contributed by atoms with Crippen molar-refractivity contribution >= 4 is 21.5 Å². The summed E-state index contributed by atoms with van der Waals surface area (Å²) < 4.78 is 28.9. The molecule has 2 rings (SSSR count). The number of nitrogens with one attached hydrogen (secondary N) is 2. The third kappa shape index (κ3) is 2.71. The maximum absolute atomic E-state index is 12.4. The largest absolute Gasteiger partial charge is 0.371 e. The standard InChI is InChI=1S/C12H18N4O2S/c1-9(2)8-14-19(17,18)12-11(13-3)15-10-6-4-5-7-16(10)12/h4-7,9,13-14H,8H2,1-3H3. The van der Waals surface area contributed by atoms with E-state index >= 15 is 0 Å². The topological polar surface area (TPSA) is 75.5 Å². The zero-order chi connectivity index (χ0) is 14.0. The summed E-state index contributed by atoms with van der Waals surface area (Å²) in [4.78, 5) is 4.26. The Morgan fingerprint density at radius 2 is 2.11 bits per heavy atom. The minimum atomic E-state index is -3.59. The van der Waals surface area contributed by atoms with Gasteiger partial charge in [-0.15, -0.1) is 0 Å². The minimum absolute atomic E-state index is 0.145. The van der Waals surface area contributed by atoms with Crippen molar-refractivity contribution in [3.05, 3.63) is 24.4 Å². The molecule has 19 heavy (non-hydrogen) atoms. The number of aromatic nitrogens is 2. The third-order valence-electron chi connectivity index (χ3n) is 2.66. The monoisotopic (exact) mass is 282 g/mol. The molecule has 0 aliphatic carbocycles. The molecule has 2 aromatic heterocycles. The highest BCUT2D eigenvalue weighted by Crippen LogP contribution is 2.22. The molecule has 2 N–H and O–H groups in total. The average molecular weight is 282 g/mol. The number of pyridine rings is 1. The molecule has 2 aromatic rings. The second kappa shape index (κ2) is 5.18. The lowest BCUT2D eigenvalue weighted by molar-refractivity contribution is 0.556. The van der Waals surface area contributed by atoms with Crippen LogP contribution < -0.4 is 10.0 Å². The molecule has 0 aliphatic rings. The van der Waals surface area contributed by atoms with Crippen molar-refractivity contribution in [2.24, 2.45) is 5.92 Å². The van der Waals surface area contributed by atoms with Crippen LogP contribution in [-0.2, 0) is 10.0 Å². The Labute approximate surface area is 112 Å². The van der Waals surface area contributed by atoms with Gasteiger partial charge in [0.2, 0.25) is 0 Å². The molecule has 7 heteroatoms. The molecule has 0 fully saturated rings. The molecule has 0 saturated carbocycles. The number of hydrogen-bond donors (Lipinski definition) is 2. The first-order valence-electron chi connectivity index (χ1n) is 6.10. The van der Waals surface area contributed by atoms with Gasteiger partial charge in [-0.2, -0.15) is 0 Å². The number of hydrogen-bond acceptors (Lipinski definition) is 4. The fourth-order valence-electron chi connectivity index (χ4n) is 1.74. The Morgan fingerprint density at radius 1 is 1.37 bits per heavy atom. The first-order valence-corrected chi connectivity index (χ1v) is 7.58. The van der Waals surface area contributed by atoms with Crippen LogP contribution in [-0.4, -0.2) is 31.4 Å². The van der Waals surface area contributed by atoms with Crippen molar-refractivity contribution in [1.29, 1.82) is 0 Å². The SMILES string of the molecule is CNc1nc2ccccn2c1S(=O)(=O)NCC(C)C. The quantitative estimate of drug-likeness (QED) is 0.867. The number of sulfonamides is 1. The van der Waals surface area contributed by atoms with Crippen molar-refractivity contribution in [1.82, 2.24) is 14.1 Å². The summed E-state index contributed by atoms with van der Waals surface area (Å²) in [6, 6.07) is 5.36. The van der Waals surface area contributed by atoms with E-state index < -0.39 is 10.0 Å². The molecule has 0 saturated heterocycles. The highest BCUT2D eigenvalue weighted by atomic mass is 32.2. The van der Waals surface area contributed by atoms with Gasteiger partial charge in [0.25, 0.3) is 10.0 Å². The Hall–Kier alpha value is -1.60. The van der Waals surface area contributed by atoms with Crippen LogP contribution in [0.25, 0.3) is 5.65 Å². The molecule has 0 aliphatic heterocycles. The lowest BCUT2D eigenvalue weighted by Crippen LogP contribution is -2.29. The maximum atomic E-state index is 12.4. The molecule has 2 heterocycles. The summed E-state index contributed by atoms with van der Waals surface area (Å²) >= 11 is 0. The first-order chi connectivity index (χ1) is 8.95. The van der Waals surface area contributed by atoms with Gasteiger partial charge in [0, 0.05) is 19.8 Å². The molecular weight excluding hydrogens is 264 g/mol. The molecule has 0 aromatic carbocycles. The van der Waals surface area contributed by atoms with E-state index in [0.29, 0.717) is 18.0 Å². The molecule has 6 nitrogen and oxygen atoms in total. The van der Waals surface area contributed by atoms with Crippen LogP contribution in [0.1, 0.15) is 13.8 Å². The summed E-state index contributed by atoms with van der Waals surface area (Å²) in [6.45, 7) is 4.30. The molecule has 0 unspecified atom stereocenters. The average Bonchev–Trinajstić information content (AvgIpc) is 2.75. The van der Waals surface area contributed by atoms with Crippen LogP contribution in [0.2, 0.25) is 0 Å². The van der Waals surface area contributed by atoms with Gasteiger partial charge in [-0.1, -0.05) is 19.9 Å². The van der Waals surface area contributed by atoms with E-state index in [1.807, 2.05) is 19.9 Å². The number of fused-ring (bicyclic) bond motifs is 1. The van der Waals surface area contributed by atoms with E-state index in [9.17, 15) is 8.42 Å². The van der Waals surface area contributed by atoms with Crippen molar-refractivity contribution in [3.63, 3.8) is 0 Å². The van der Waals surface area contributed by atoms with Gasteiger partial charge in [0.05, 0.1) is 0 Å². The fraction of sp³-hybridized carbons (Fsp3) is 0.417. The molecule has 0 spiro atoms. The Morgan fingerprint density at radius 3 is 2.74 bits per heavy atom. The fourth-order valence-corrected chi connectivity index (χ4v) is 3.24. The summed E-state index contributed by atoms with van der Waals surface area (Å²) in [5.74, 6) is 0.592. The van der Waals surface area contributed by atoms with E-state index in [4.69, 9.17) is 0 Å². The van der Waals surface area contributed by atoms with Crippen LogP contribution in [0.4, 0.5) is 5.82 Å². The van der Waals surface area contributed by atoms with Gasteiger partial charge in [-0.3, -0.25) is 4.40 Å². The zero-order valence-electron chi connectivity index (χ0n) is 11.2. The summed E-state index contributed by atoms with van der Waals surface area (Å²) in [6.07, 6.45) is 1.69. The number of imidazole rings is 1. The van der Waals surface area contributed by atoms with E-state index in [2.05, 4.69) is 15.0 Å². The van der Waals surface area contributed by atoms with E-state index in [1.165, 1.54) is 0 Å². The Balaban J connectivity index is 2.54. The van der Waals surface area contributed by atoms with Crippen LogP contribution in [0.5, 0.6) is 0 Å². The second-order valence-corrected chi connectivity index (χ2v) is 6.37. The molecule has 0 amide bonds. The maximum Gasteiger partial charge on any atom is 0.260 e. The van der Waals surface area contributed by atoms with Crippen molar-refractivity contribution < 1.29 is 8.42 Å². The molecule has 0 atom stereocenters. The number of anilines is 1. The van der Waals surface area contributed by atoms with E-state index in [0.717, 1.165) is 0 Å². The van der Waals surface area contributed by atoms with Crippen LogP contribution in [0, 0.1) is 5.92 Å². The van der Waals surface area contributed by atoms with Crippen molar-refractivity contribution in [2.45, 2.75) is 18.9 Å². The van der Waals surface area contributed by atoms with E-state index in [-0.39, 0.29) is 10.9 Å². The third-order valence-corrected chi connectivity index (χ3v) is 4.10. The highest BCUT2D eigenvalue weighted by Gasteiger charge is 2.24. The van der Waals surface area contributed by atoms with Gasteiger partial charge < -0.3 is 5.32 Å². The van der Waals surface area contributed by atoms with Crippen molar-refractivity contribution in [2.75, 3.05) is 18.9 Å². The van der Waals surface area contributed by atoms with Crippen LogP contribution in [0.15, 0.2) is 29.4 Å².